The van der Waals surface area contributed by atoms with Gasteiger partial charge in [-0.1, -0.05) is 24.4 Å². The molecule has 2 heterocycles. The Morgan fingerprint density at radius 2 is 2.17 bits per heavy atom. The van der Waals surface area contributed by atoms with Crippen molar-refractivity contribution in [3.63, 3.8) is 0 Å². The van der Waals surface area contributed by atoms with Gasteiger partial charge in [0.2, 0.25) is 11.7 Å². The number of nitrogens with two attached hydrogens (primary N) is 1. The van der Waals surface area contributed by atoms with E-state index < -0.39 is 0 Å². The minimum absolute atomic E-state index is 0.0838. The van der Waals surface area contributed by atoms with Gasteiger partial charge in [-0.25, -0.2) is 0 Å². The van der Waals surface area contributed by atoms with Crippen molar-refractivity contribution in [3.8, 4) is 11.4 Å². The van der Waals surface area contributed by atoms with E-state index in [2.05, 4.69) is 10.1 Å². The molecule has 5 heteroatoms. The molecule has 3 rings (SSSR count). The smallest absolute Gasteiger partial charge is 0.234 e. The third-order valence-corrected chi connectivity index (χ3v) is 4.54. The van der Waals surface area contributed by atoms with Crippen molar-refractivity contribution in [1.29, 1.82) is 0 Å². The van der Waals surface area contributed by atoms with E-state index in [1.807, 2.05) is 16.8 Å². The third-order valence-electron chi connectivity index (χ3n) is 3.86. The normalized spacial score (nSPS) is 18.9. The maximum absolute atomic E-state index is 5.97. The van der Waals surface area contributed by atoms with Crippen molar-refractivity contribution in [1.82, 2.24) is 10.1 Å². The van der Waals surface area contributed by atoms with Gasteiger partial charge < -0.3 is 10.3 Å². The Bertz CT molecular complexity index is 500. The van der Waals surface area contributed by atoms with E-state index in [9.17, 15) is 0 Å². The fraction of sp³-hybridized carbons (Fsp3) is 0.538. The van der Waals surface area contributed by atoms with Crippen LogP contribution < -0.4 is 5.73 Å². The van der Waals surface area contributed by atoms with E-state index in [0.29, 0.717) is 12.4 Å². The summed E-state index contributed by atoms with van der Waals surface area (Å²) in [4.78, 5) is 4.57. The molecule has 4 nitrogen and oxygen atoms in total. The molecule has 2 aromatic heterocycles. The molecule has 0 saturated heterocycles. The molecule has 2 aromatic rings. The van der Waals surface area contributed by atoms with E-state index in [-0.39, 0.29) is 5.41 Å². The first-order chi connectivity index (χ1) is 8.84. The van der Waals surface area contributed by atoms with Crippen molar-refractivity contribution < 1.29 is 4.52 Å². The van der Waals surface area contributed by atoms with Crippen LogP contribution in [0.15, 0.2) is 21.3 Å². The van der Waals surface area contributed by atoms with Crippen LogP contribution in [0.2, 0.25) is 0 Å². The van der Waals surface area contributed by atoms with Crippen molar-refractivity contribution in [2.75, 3.05) is 6.54 Å². The van der Waals surface area contributed by atoms with Crippen LogP contribution >= 0.6 is 11.3 Å². The van der Waals surface area contributed by atoms with E-state index in [0.717, 1.165) is 24.3 Å². The van der Waals surface area contributed by atoms with Crippen LogP contribution in [0.25, 0.3) is 11.4 Å². The first kappa shape index (κ1) is 11.9. The van der Waals surface area contributed by atoms with Crippen LogP contribution in [0.1, 0.15) is 38.0 Å². The molecule has 0 aliphatic heterocycles. The molecule has 1 saturated carbocycles. The number of aromatic nitrogens is 2. The van der Waals surface area contributed by atoms with Gasteiger partial charge in [-0.2, -0.15) is 16.3 Å². The lowest BCUT2D eigenvalue weighted by Crippen LogP contribution is -2.37. The minimum Gasteiger partial charge on any atom is -0.338 e. The summed E-state index contributed by atoms with van der Waals surface area (Å²) in [6.07, 6.45) is 5.82. The molecule has 0 amide bonds. The average Bonchev–Trinajstić information content (AvgIpc) is 3.10. The van der Waals surface area contributed by atoms with Crippen molar-refractivity contribution >= 4 is 11.3 Å². The van der Waals surface area contributed by atoms with Crippen LogP contribution in [-0.4, -0.2) is 16.7 Å². The van der Waals surface area contributed by atoms with Crippen LogP contribution in [0.3, 0.4) is 0 Å². The highest BCUT2D eigenvalue weighted by atomic mass is 32.1. The molecule has 96 valence electrons. The number of hydrogen-bond donors (Lipinski definition) is 1. The second kappa shape index (κ2) is 4.82. The SMILES string of the molecule is NCC1(c2nc(-c3ccsc3)no2)CCCCC1. The maximum atomic E-state index is 5.97. The van der Waals surface area contributed by atoms with E-state index in [1.165, 1.54) is 19.3 Å². The summed E-state index contributed by atoms with van der Waals surface area (Å²) >= 11 is 1.64. The first-order valence-electron chi connectivity index (χ1n) is 6.41. The standard InChI is InChI=1S/C13H17N3OS/c14-9-13(5-2-1-3-6-13)12-15-11(16-17-12)10-4-7-18-8-10/h4,7-8H,1-3,5-6,9,14H2. The van der Waals surface area contributed by atoms with Crippen molar-refractivity contribution in [2.45, 2.75) is 37.5 Å². The van der Waals surface area contributed by atoms with Crippen LogP contribution in [0, 0.1) is 0 Å². The predicted octanol–water partition coefficient (Wildman–Crippen LogP) is 2.96. The summed E-state index contributed by atoms with van der Waals surface area (Å²) < 4.78 is 5.49. The molecule has 18 heavy (non-hydrogen) atoms. The number of thiophene rings is 1. The topological polar surface area (TPSA) is 64.9 Å². The highest BCUT2D eigenvalue weighted by molar-refractivity contribution is 7.08. The van der Waals surface area contributed by atoms with Gasteiger partial charge in [0.25, 0.3) is 0 Å². The molecule has 0 bridgehead atoms. The Morgan fingerprint density at radius 1 is 1.33 bits per heavy atom. The number of nitrogens with zero attached hydrogens (tertiary/aromatic N) is 2. The van der Waals surface area contributed by atoms with Gasteiger partial charge in [-0.15, -0.1) is 0 Å². The van der Waals surface area contributed by atoms with E-state index >= 15 is 0 Å². The molecule has 0 spiro atoms. The lowest BCUT2D eigenvalue weighted by atomic mass is 9.74. The van der Waals surface area contributed by atoms with Crippen molar-refractivity contribution in [2.24, 2.45) is 5.73 Å². The molecular formula is C13H17N3OS. The van der Waals surface area contributed by atoms with Gasteiger partial charge >= 0.3 is 0 Å². The van der Waals surface area contributed by atoms with E-state index in [4.69, 9.17) is 10.3 Å². The molecule has 0 atom stereocenters. The minimum atomic E-state index is -0.0838. The lowest BCUT2D eigenvalue weighted by Gasteiger charge is -2.32. The summed E-state index contributed by atoms with van der Waals surface area (Å²) in [5.74, 6) is 1.41. The molecule has 1 fully saturated rings. The van der Waals surface area contributed by atoms with Crippen molar-refractivity contribution in [3.05, 3.63) is 22.7 Å². The first-order valence-corrected chi connectivity index (χ1v) is 7.35. The number of rotatable bonds is 3. The zero-order valence-electron chi connectivity index (χ0n) is 10.3. The van der Waals surface area contributed by atoms with Crippen LogP contribution in [0.5, 0.6) is 0 Å². The molecule has 1 aliphatic carbocycles. The quantitative estimate of drug-likeness (QED) is 0.924. The van der Waals surface area contributed by atoms with Gasteiger partial charge in [0.05, 0.1) is 5.41 Å². The highest BCUT2D eigenvalue weighted by Crippen LogP contribution is 2.38. The monoisotopic (exact) mass is 263 g/mol. The molecule has 0 unspecified atom stereocenters. The fourth-order valence-corrected chi connectivity index (χ4v) is 3.32. The van der Waals surface area contributed by atoms with Gasteiger partial charge in [0, 0.05) is 17.5 Å². The predicted molar refractivity (Wildman–Crippen MR) is 71.4 cm³/mol. The van der Waals surface area contributed by atoms with Gasteiger partial charge in [-0.3, -0.25) is 0 Å². The third kappa shape index (κ3) is 1.97. The van der Waals surface area contributed by atoms with Gasteiger partial charge in [0.15, 0.2) is 0 Å². The summed E-state index contributed by atoms with van der Waals surface area (Å²) in [5, 5.41) is 8.14. The van der Waals surface area contributed by atoms with E-state index in [1.54, 1.807) is 11.3 Å². The Labute approximate surface area is 110 Å². The zero-order chi connectivity index (χ0) is 12.4. The summed E-state index contributed by atoms with van der Waals surface area (Å²) in [7, 11) is 0. The van der Waals surface area contributed by atoms with Gasteiger partial charge in [-0.05, 0) is 24.3 Å². The average molecular weight is 263 g/mol. The number of hydrogen-bond acceptors (Lipinski definition) is 5. The largest absolute Gasteiger partial charge is 0.338 e. The summed E-state index contributed by atoms with van der Waals surface area (Å²) in [5.41, 5.74) is 6.91. The fourth-order valence-electron chi connectivity index (χ4n) is 2.68. The molecular weight excluding hydrogens is 246 g/mol. The molecule has 0 radical (unpaired) electrons. The summed E-state index contributed by atoms with van der Waals surface area (Å²) in [6, 6.07) is 2.01. The van der Waals surface area contributed by atoms with Crippen LogP contribution in [-0.2, 0) is 5.41 Å². The molecule has 1 aliphatic rings. The molecule has 2 N–H and O–H groups in total. The molecule has 0 aromatic carbocycles. The highest BCUT2D eigenvalue weighted by Gasteiger charge is 2.38. The lowest BCUT2D eigenvalue weighted by molar-refractivity contribution is 0.220. The second-order valence-electron chi connectivity index (χ2n) is 4.98. The second-order valence-corrected chi connectivity index (χ2v) is 5.76. The van der Waals surface area contributed by atoms with Crippen LogP contribution in [0.4, 0.5) is 0 Å². The Morgan fingerprint density at radius 3 is 2.83 bits per heavy atom. The Balaban J connectivity index is 1.92. The van der Waals surface area contributed by atoms with Gasteiger partial charge in [0.1, 0.15) is 0 Å². The maximum Gasteiger partial charge on any atom is 0.234 e. The Hall–Kier alpha value is -1.20. The Kier molecular flexibility index (Phi) is 3.18. The summed E-state index contributed by atoms with van der Waals surface area (Å²) in [6.45, 7) is 0.596. The zero-order valence-corrected chi connectivity index (χ0v) is 11.1.